The summed E-state index contributed by atoms with van der Waals surface area (Å²) >= 11 is 1.20. The molecule has 0 radical (unpaired) electrons. The van der Waals surface area contributed by atoms with E-state index in [2.05, 4.69) is 15.0 Å². The second-order valence-electron chi connectivity index (χ2n) is 2.46. The van der Waals surface area contributed by atoms with Gasteiger partial charge < -0.3 is 9.72 Å². The van der Waals surface area contributed by atoms with Gasteiger partial charge in [-0.25, -0.2) is 9.97 Å². The Balaban J connectivity index is 2.28. The van der Waals surface area contributed by atoms with Gasteiger partial charge in [0.05, 0.1) is 13.3 Å². The van der Waals surface area contributed by atoms with Crippen LogP contribution >= 0.6 is 11.3 Å². The Morgan fingerprint density at radius 2 is 2.43 bits per heavy atom. The van der Waals surface area contributed by atoms with Crippen molar-refractivity contribution in [2.45, 2.75) is 0 Å². The maximum atomic E-state index is 11.7. The van der Waals surface area contributed by atoms with Crippen LogP contribution in [0.5, 0.6) is 5.19 Å². The predicted octanol–water partition coefficient (Wildman–Crippen LogP) is 1.11. The molecule has 5 nitrogen and oxygen atoms in total. The van der Waals surface area contributed by atoms with E-state index in [0.29, 0.717) is 15.9 Å². The highest BCUT2D eigenvalue weighted by Gasteiger charge is 2.14. The van der Waals surface area contributed by atoms with Gasteiger partial charge in [-0.05, 0) is 0 Å². The molecule has 0 aliphatic heterocycles. The molecule has 2 rings (SSSR count). The zero-order chi connectivity index (χ0) is 9.97. The molecule has 0 unspecified atom stereocenters. The van der Waals surface area contributed by atoms with Crippen LogP contribution in [-0.2, 0) is 0 Å². The van der Waals surface area contributed by atoms with Crippen molar-refractivity contribution in [1.29, 1.82) is 0 Å². The molecule has 6 heteroatoms. The number of rotatable bonds is 3. The van der Waals surface area contributed by atoms with Crippen LogP contribution in [0.3, 0.4) is 0 Å². The average Bonchev–Trinajstić information content (AvgIpc) is 2.88. The first-order valence-corrected chi connectivity index (χ1v) is 4.67. The van der Waals surface area contributed by atoms with Gasteiger partial charge in [-0.15, -0.1) is 0 Å². The second kappa shape index (κ2) is 3.59. The molecule has 0 aliphatic rings. The quantitative estimate of drug-likeness (QED) is 0.769. The molecular weight excluding hydrogens is 202 g/mol. The lowest BCUT2D eigenvalue weighted by Gasteiger charge is -1.90. The van der Waals surface area contributed by atoms with Gasteiger partial charge in [0, 0.05) is 12.4 Å². The van der Waals surface area contributed by atoms with E-state index in [-0.39, 0.29) is 5.78 Å². The smallest absolute Gasteiger partial charge is 0.273 e. The van der Waals surface area contributed by atoms with Crippen LogP contribution in [0.1, 0.15) is 15.5 Å². The van der Waals surface area contributed by atoms with Gasteiger partial charge in [-0.1, -0.05) is 11.3 Å². The summed E-state index contributed by atoms with van der Waals surface area (Å²) in [5, 5.41) is 0.472. The van der Waals surface area contributed by atoms with Crippen LogP contribution in [0.4, 0.5) is 0 Å². The fourth-order valence-corrected chi connectivity index (χ4v) is 1.64. The summed E-state index contributed by atoms with van der Waals surface area (Å²) in [5.74, 6) is 0.145. The Morgan fingerprint density at radius 3 is 3.00 bits per heavy atom. The van der Waals surface area contributed by atoms with Crippen molar-refractivity contribution in [3.8, 4) is 5.19 Å². The van der Waals surface area contributed by atoms with Crippen molar-refractivity contribution in [3.05, 3.63) is 29.3 Å². The summed E-state index contributed by atoms with van der Waals surface area (Å²) in [7, 11) is 1.51. The number of carbonyl (C=O) groups is 1. The second-order valence-corrected chi connectivity index (χ2v) is 3.45. The Morgan fingerprint density at radius 1 is 1.57 bits per heavy atom. The monoisotopic (exact) mass is 209 g/mol. The van der Waals surface area contributed by atoms with E-state index < -0.39 is 0 Å². The first-order valence-electron chi connectivity index (χ1n) is 3.85. The maximum Gasteiger partial charge on any atom is 0.273 e. The van der Waals surface area contributed by atoms with Gasteiger partial charge in [-0.2, -0.15) is 0 Å². The van der Waals surface area contributed by atoms with Crippen LogP contribution in [0, 0.1) is 0 Å². The third kappa shape index (κ3) is 1.51. The predicted molar refractivity (Wildman–Crippen MR) is 50.7 cm³/mol. The molecular formula is C8H7N3O2S. The summed E-state index contributed by atoms with van der Waals surface area (Å²) in [6, 6.07) is 0. The summed E-state index contributed by atoms with van der Waals surface area (Å²) in [6.07, 6.45) is 4.62. The van der Waals surface area contributed by atoms with Crippen LogP contribution in [-0.4, -0.2) is 27.8 Å². The zero-order valence-electron chi connectivity index (χ0n) is 7.35. The molecule has 14 heavy (non-hydrogen) atoms. The minimum absolute atomic E-state index is 0.171. The van der Waals surface area contributed by atoms with E-state index in [9.17, 15) is 4.79 Å². The molecule has 2 aromatic heterocycles. The number of hydrogen-bond acceptors (Lipinski definition) is 5. The van der Waals surface area contributed by atoms with Gasteiger partial charge in [-0.3, -0.25) is 4.79 Å². The van der Waals surface area contributed by atoms with Crippen molar-refractivity contribution in [2.24, 2.45) is 0 Å². The van der Waals surface area contributed by atoms with Crippen molar-refractivity contribution < 1.29 is 9.53 Å². The van der Waals surface area contributed by atoms with E-state index in [0.717, 1.165) is 0 Å². The zero-order valence-corrected chi connectivity index (χ0v) is 8.17. The van der Waals surface area contributed by atoms with Crippen molar-refractivity contribution in [1.82, 2.24) is 15.0 Å². The number of nitrogens with one attached hydrogen (secondary N) is 1. The molecule has 0 atom stereocenters. The molecule has 0 aliphatic carbocycles. The number of carbonyl (C=O) groups excluding carboxylic acids is 1. The molecule has 0 saturated carbocycles. The molecule has 0 fully saturated rings. The number of hydrogen-bond donors (Lipinski definition) is 1. The third-order valence-electron chi connectivity index (χ3n) is 1.60. The van der Waals surface area contributed by atoms with E-state index >= 15 is 0 Å². The van der Waals surface area contributed by atoms with Gasteiger partial charge >= 0.3 is 0 Å². The minimum atomic E-state index is -0.171. The molecule has 72 valence electrons. The van der Waals surface area contributed by atoms with Crippen LogP contribution in [0.2, 0.25) is 0 Å². The lowest BCUT2D eigenvalue weighted by Crippen LogP contribution is -2.00. The number of H-pyrrole nitrogens is 1. The Labute approximate surface area is 83.8 Å². The molecule has 0 aromatic carbocycles. The van der Waals surface area contributed by atoms with Crippen molar-refractivity contribution in [3.63, 3.8) is 0 Å². The van der Waals surface area contributed by atoms with Gasteiger partial charge in [0.25, 0.3) is 5.19 Å². The SMILES string of the molecule is COc1ncc(C(=O)c2ncc[nH]2)s1. The fourth-order valence-electron chi connectivity index (χ4n) is 0.964. The molecule has 0 bridgehead atoms. The maximum absolute atomic E-state index is 11.7. The average molecular weight is 209 g/mol. The summed E-state index contributed by atoms with van der Waals surface area (Å²) in [4.78, 5) is 22.7. The van der Waals surface area contributed by atoms with E-state index in [1.807, 2.05) is 0 Å². The molecule has 1 N–H and O–H groups in total. The number of imidazole rings is 1. The third-order valence-corrected chi connectivity index (χ3v) is 2.55. The Hall–Kier alpha value is -1.69. The fraction of sp³-hybridized carbons (Fsp3) is 0.125. The number of aromatic nitrogens is 3. The lowest BCUT2D eigenvalue weighted by molar-refractivity contribution is 0.103. The van der Waals surface area contributed by atoms with Crippen molar-refractivity contribution >= 4 is 17.1 Å². The van der Waals surface area contributed by atoms with Gasteiger partial charge in [0.15, 0.2) is 5.82 Å². The topological polar surface area (TPSA) is 67.9 Å². The molecule has 0 saturated heterocycles. The Bertz CT molecular complexity index is 435. The first-order chi connectivity index (χ1) is 6.81. The van der Waals surface area contributed by atoms with Crippen LogP contribution in [0.15, 0.2) is 18.6 Å². The number of nitrogens with zero attached hydrogens (tertiary/aromatic N) is 2. The number of aromatic amines is 1. The normalized spacial score (nSPS) is 10.1. The number of methoxy groups -OCH3 is 1. The van der Waals surface area contributed by atoms with Crippen LogP contribution < -0.4 is 4.74 Å². The summed E-state index contributed by atoms with van der Waals surface area (Å²) < 4.78 is 4.89. The first kappa shape index (κ1) is 8.89. The summed E-state index contributed by atoms with van der Waals surface area (Å²) in [6.45, 7) is 0. The minimum Gasteiger partial charge on any atom is -0.473 e. The molecule has 2 heterocycles. The number of ether oxygens (including phenoxy) is 1. The highest BCUT2D eigenvalue weighted by Crippen LogP contribution is 2.21. The molecule has 0 spiro atoms. The number of ketones is 1. The number of thiazole rings is 1. The van der Waals surface area contributed by atoms with E-state index in [1.165, 1.54) is 30.8 Å². The standard InChI is InChI=1S/C8H7N3O2S/c1-13-8-11-4-5(14-8)6(12)7-9-2-3-10-7/h2-4H,1H3,(H,9,10). The largest absolute Gasteiger partial charge is 0.473 e. The van der Waals surface area contributed by atoms with Gasteiger partial charge in [0.1, 0.15) is 4.88 Å². The molecule has 0 amide bonds. The Kier molecular flexibility index (Phi) is 2.28. The lowest BCUT2D eigenvalue weighted by atomic mass is 10.3. The molecule has 2 aromatic rings. The van der Waals surface area contributed by atoms with Gasteiger partial charge in [0.2, 0.25) is 5.78 Å². The van der Waals surface area contributed by atoms with Crippen molar-refractivity contribution in [2.75, 3.05) is 7.11 Å². The highest BCUT2D eigenvalue weighted by molar-refractivity contribution is 7.15. The van der Waals surface area contributed by atoms with E-state index in [1.54, 1.807) is 6.20 Å². The summed E-state index contributed by atoms with van der Waals surface area (Å²) in [5.41, 5.74) is 0. The van der Waals surface area contributed by atoms with Crippen LogP contribution in [0.25, 0.3) is 0 Å². The highest BCUT2D eigenvalue weighted by atomic mass is 32.1. The van der Waals surface area contributed by atoms with E-state index in [4.69, 9.17) is 4.74 Å².